The molecule has 100 valence electrons. The SMILES string of the molecule is OCc1cc(F)c(OCCc2ccccc2)c(F)c1. The van der Waals surface area contributed by atoms with Gasteiger partial charge in [0.15, 0.2) is 17.4 Å². The Morgan fingerprint density at radius 3 is 2.16 bits per heavy atom. The number of halogens is 2. The fourth-order valence-electron chi connectivity index (χ4n) is 1.76. The fourth-order valence-corrected chi connectivity index (χ4v) is 1.76. The molecule has 0 bridgehead atoms. The molecule has 2 aromatic rings. The summed E-state index contributed by atoms with van der Waals surface area (Å²) in [5.41, 5.74) is 1.22. The van der Waals surface area contributed by atoms with Gasteiger partial charge in [-0.3, -0.25) is 0 Å². The molecule has 0 heterocycles. The Morgan fingerprint density at radius 1 is 0.947 bits per heavy atom. The summed E-state index contributed by atoms with van der Waals surface area (Å²) in [5, 5.41) is 8.83. The molecule has 0 unspecified atom stereocenters. The molecule has 0 atom stereocenters. The van der Waals surface area contributed by atoms with Crippen LogP contribution < -0.4 is 4.74 Å². The average Bonchev–Trinajstić information content (AvgIpc) is 2.42. The lowest BCUT2D eigenvalue weighted by molar-refractivity contribution is 0.273. The van der Waals surface area contributed by atoms with Gasteiger partial charge in [0.05, 0.1) is 13.2 Å². The van der Waals surface area contributed by atoms with Crippen LogP contribution in [-0.4, -0.2) is 11.7 Å². The highest BCUT2D eigenvalue weighted by molar-refractivity contribution is 5.31. The van der Waals surface area contributed by atoms with Crippen molar-refractivity contribution in [3.63, 3.8) is 0 Å². The van der Waals surface area contributed by atoms with E-state index < -0.39 is 24.0 Å². The fraction of sp³-hybridized carbons (Fsp3) is 0.200. The van der Waals surface area contributed by atoms with Crippen molar-refractivity contribution in [1.82, 2.24) is 0 Å². The molecule has 19 heavy (non-hydrogen) atoms. The summed E-state index contributed by atoms with van der Waals surface area (Å²) in [7, 11) is 0. The highest BCUT2D eigenvalue weighted by Crippen LogP contribution is 2.23. The predicted molar refractivity (Wildman–Crippen MR) is 67.9 cm³/mol. The number of aliphatic hydroxyl groups is 1. The van der Waals surface area contributed by atoms with Crippen LogP contribution in [0.15, 0.2) is 42.5 Å². The summed E-state index contributed by atoms with van der Waals surface area (Å²) >= 11 is 0. The summed E-state index contributed by atoms with van der Waals surface area (Å²) < 4.78 is 32.2. The van der Waals surface area contributed by atoms with Gasteiger partial charge in [-0.2, -0.15) is 0 Å². The molecule has 0 aliphatic carbocycles. The number of hydrogen-bond acceptors (Lipinski definition) is 2. The third-order valence-electron chi connectivity index (χ3n) is 2.72. The number of aliphatic hydroxyl groups excluding tert-OH is 1. The van der Waals surface area contributed by atoms with Gasteiger partial charge in [-0.05, 0) is 23.3 Å². The Labute approximate surface area is 110 Å². The zero-order valence-electron chi connectivity index (χ0n) is 10.3. The number of ether oxygens (including phenoxy) is 1. The van der Waals surface area contributed by atoms with Crippen LogP contribution in [-0.2, 0) is 13.0 Å². The lowest BCUT2D eigenvalue weighted by atomic mass is 10.2. The maximum Gasteiger partial charge on any atom is 0.190 e. The molecule has 0 amide bonds. The maximum atomic E-state index is 13.5. The predicted octanol–water partition coefficient (Wildman–Crippen LogP) is 3.08. The Morgan fingerprint density at radius 2 is 1.58 bits per heavy atom. The van der Waals surface area contributed by atoms with Crippen molar-refractivity contribution in [2.24, 2.45) is 0 Å². The van der Waals surface area contributed by atoms with Crippen LogP contribution in [0.4, 0.5) is 8.78 Å². The van der Waals surface area contributed by atoms with Gasteiger partial charge in [0.2, 0.25) is 0 Å². The molecule has 0 radical (unpaired) electrons. The first-order valence-corrected chi connectivity index (χ1v) is 5.96. The minimum absolute atomic E-state index is 0.186. The number of hydrogen-bond donors (Lipinski definition) is 1. The molecular formula is C15H14F2O2. The molecule has 1 N–H and O–H groups in total. The monoisotopic (exact) mass is 264 g/mol. The van der Waals surface area contributed by atoms with Gasteiger partial charge in [0.1, 0.15) is 0 Å². The van der Waals surface area contributed by atoms with E-state index in [9.17, 15) is 8.78 Å². The van der Waals surface area contributed by atoms with Crippen molar-refractivity contribution in [3.05, 3.63) is 65.2 Å². The van der Waals surface area contributed by atoms with Crippen LogP contribution >= 0.6 is 0 Å². The first-order chi connectivity index (χ1) is 9.20. The van der Waals surface area contributed by atoms with Crippen molar-refractivity contribution in [2.45, 2.75) is 13.0 Å². The summed E-state index contributed by atoms with van der Waals surface area (Å²) in [6, 6.07) is 11.7. The van der Waals surface area contributed by atoms with E-state index in [0.717, 1.165) is 17.7 Å². The average molecular weight is 264 g/mol. The maximum absolute atomic E-state index is 13.5. The van der Waals surface area contributed by atoms with E-state index in [0.29, 0.717) is 6.42 Å². The number of rotatable bonds is 5. The molecule has 0 aromatic heterocycles. The van der Waals surface area contributed by atoms with Crippen LogP contribution in [0.5, 0.6) is 5.75 Å². The van der Waals surface area contributed by atoms with Crippen LogP contribution in [0.3, 0.4) is 0 Å². The van der Waals surface area contributed by atoms with Gasteiger partial charge in [-0.15, -0.1) is 0 Å². The lowest BCUT2D eigenvalue weighted by Crippen LogP contribution is -2.05. The zero-order chi connectivity index (χ0) is 13.7. The van der Waals surface area contributed by atoms with Gasteiger partial charge in [-0.1, -0.05) is 30.3 Å². The minimum atomic E-state index is -0.794. The van der Waals surface area contributed by atoms with E-state index >= 15 is 0 Å². The Hall–Kier alpha value is -1.94. The quantitative estimate of drug-likeness (QED) is 0.899. The van der Waals surface area contributed by atoms with Gasteiger partial charge >= 0.3 is 0 Å². The first kappa shape index (κ1) is 13.5. The molecule has 4 heteroatoms. The molecule has 0 fully saturated rings. The topological polar surface area (TPSA) is 29.5 Å². The summed E-state index contributed by atoms with van der Waals surface area (Å²) in [5.74, 6) is -1.98. The summed E-state index contributed by atoms with van der Waals surface area (Å²) in [6.45, 7) is -0.214. The van der Waals surface area contributed by atoms with Gasteiger partial charge in [0, 0.05) is 6.42 Å². The normalized spacial score (nSPS) is 10.5. The Kier molecular flexibility index (Phi) is 4.47. The largest absolute Gasteiger partial charge is 0.487 e. The second-order valence-corrected chi connectivity index (χ2v) is 4.13. The molecule has 0 saturated carbocycles. The second kappa shape index (κ2) is 6.29. The zero-order valence-corrected chi connectivity index (χ0v) is 10.3. The molecule has 2 rings (SSSR count). The minimum Gasteiger partial charge on any atom is -0.487 e. The second-order valence-electron chi connectivity index (χ2n) is 4.13. The molecular weight excluding hydrogens is 250 g/mol. The van der Waals surface area contributed by atoms with Crippen LogP contribution in [0.1, 0.15) is 11.1 Å². The van der Waals surface area contributed by atoms with Crippen LogP contribution in [0, 0.1) is 11.6 Å². The Bertz CT molecular complexity index is 518. The van der Waals surface area contributed by atoms with Crippen LogP contribution in [0.2, 0.25) is 0 Å². The summed E-state index contributed by atoms with van der Waals surface area (Å²) in [6.07, 6.45) is 0.571. The highest BCUT2D eigenvalue weighted by Gasteiger charge is 2.12. The van der Waals surface area contributed by atoms with E-state index in [-0.39, 0.29) is 12.2 Å². The van der Waals surface area contributed by atoms with Crippen LogP contribution in [0.25, 0.3) is 0 Å². The Balaban J connectivity index is 2.00. The van der Waals surface area contributed by atoms with Gasteiger partial charge < -0.3 is 9.84 Å². The highest BCUT2D eigenvalue weighted by atomic mass is 19.1. The van der Waals surface area contributed by atoms with Crippen molar-refractivity contribution >= 4 is 0 Å². The molecule has 0 spiro atoms. The van der Waals surface area contributed by atoms with Crippen molar-refractivity contribution in [2.75, 3.05) is 6.61 Å². The van der Waals surface area contributed by atoms with E-state index in [1.54, 1.807) is 0 Å². The van der Waals surface area contributed by atoms with Crippen molar-refractivity contribution in [1.29, 1.82) is 0 Å². The first-order valence-electron chi connectivity index (χ1n) is 5.96. The van der Waals surface area contributed by atoms with Crippen molar-refractivity contribution < 1.29 is 18.6 Å². The molecule has 2 nitrogen and oxygen atoms in total. The van der Waals surface area contributed by atoms with Gasteiger partial charge in [0.25, 0.3) is 0 Å². The standard InChI is InChI=1S/C15H14F2O2/c16-13-8-12(10-18)9-14(17)15(13)19-7-6-11-4-2-1-3-5-11/h1-5,8-9,18H,6-7,10H2. The van der Waals surface area contributed by atoms with E-state index in [4.69, 9.17) is 9.84 Å². The van der Waals surface area contributed by atoms with E-state index in [1.165, 1.54) is 0 Å². The summed E-state index contributed by atoms with van der Waals surface area (Å²) in [4.78, 5) is 0. The van der Waals surface area contributed by atoms with Crippen molar-refractivity contribution in [3.8, 4) is 5.75 Å². The lowest BCUT2D eigenvalue weighted by Gasteiger charge is -2.09. The molecule has 2 aromatic carbocycles. The molecule has 0 saturated heterocycles. The van der Waals surface area contributed by atoms with Gasteiger partial charge in [-0.25, -0.2) is 8.78 Å². The third kappa shape index (κ3) is 3.51. The van der Waals surface area contributed by atoms with E-state index in [1.807, 2.05) is 30.3 Å². The smallest absolute Gasteiger partial charge is 0.190 e. The molecule has 0 aliphatic rings. The number of benzene rings is 2. The van der Waals surface area contributed by atoms with E-state index in [2.05, 4.69) is 0 Å². The third-order valence-corrected chi connectivity index (χ3v) is 2.72. The molecule has 0 aliphatic heterocycles.